The molecule has 0 atom stereocenters. The number of piperidine rings is 1. The summed E-state index contributed by atoms with van der Waals surface area (Å²) in [7, 11) is -3.74. The Morgan fingerprint density at radius 3 is 2.67 bits per heavy atom. The van der Waals surface area contributed by atoms with Crippen molar-refractivity contribution < 1.29 is 18.7 Å². The highest BCUT2D eigenvalue weighted by Crippen LogP contribution is 2.26. The number of benzene rings is 1. The maximum Gasteiger partial charge on any atom is 0.241 e. The first-order chi connectivity index (χ1) is 18.8. The van der Waals surface area contributed by atoms with E-state index in [1.54, 1.807) is 54.8 Å². The topological polar surface area (TPSA) is 114 Å². The standard InChI is InChI=1S/C30H38N4O4S/c1-4-9-29(33-36)26(5-2)21-31-23(3)34-18-16-24(17-19-34)20-32-39(37,38)30-13-7-6-12-28(30)27-11-8-10-25(22-35)14-15-27/h5-9,11-15,21,24,32-33,35-36H,2,4,16-20,22H2,1,3H3/b26-21+,29-9?,31-23?. The molecule has 0 aromatic heterocycles. The molecule has 1 saturated heterocycles. The van der Waals surface area contributed by atoms with Crippen molar-refractivity contribution in [3.8, 4) is 0 Å². The average Bonchev–Trinajstić information content (AvgIpc) is 3.22. The third-order valence-electron chi connectivity index (χ3n) is 6.74. The van der Waals surface area contributed by atoms with Gasteiger partial charge in [-0.2, -0.15) is 0 Å². The first-order valence-electron chi connectivity index (χ1n) is 13.1. The lowest BCUT2D eigenvalue weighted by molar-refractivity contribution is 0.203. The van der Waals surface area contributed by atoms with Crippen LogP contribution in [0.2, 0.25) is 0 Å². The van der Waals surface area contributed by atoms with E-state index in [1.165, 1.54) is 0 Å². The van der Waals surface area contributed by atoms with Gasteiger partial charge in [0.2, 0.25) is 10.0 Å². The van der Waals surface area contributed by atoms with Crippen LogP contribution in [0.5, 0.6) is 0 Å². The molecule has 0 saturated carbocycles. The van der Waals surface area contributed by atoms with E-state index in [0.29, 0.717) is 29.0 Å². The molecule has 1 aliphatic carbocycles. The van der Waals surface area contributed by atoms with Crippen molar-refractivity contribution in [3.05, 3.63) is 102 Å². The number of allylic oxidation sites excluding steroid dienone is 5. The van der Waals surface area contributed by atoms with Gasteiger partial charge in [0.05, 0.1) is 17.2 Å². The summed E-state index contributed by atoms with van der Waals surface area (Å²) >= 11 is 0. The van der Waals surface area contributed by atoms with Gasteiger partial charge < -0.3 is 10.0 Å². The Balaban J connectivity index is 1.62. The van der Waals surface area contributed by atoms with Gasteiger partial charge in [0, 0.05) is 42.5 Å². The molecule has 1 aliphatic heterocycles. The Hall–Kier alpha value is -3.46. The summed E-state index contributed by atoms with van der Waals surface area (Å²) < 4.78 is 29.5. The molecular formula is C30H38N4O4S. The largest absolute Gasteiger partial charge is 0.391 e. The van der Waals surface area contributed by atoms with Gasteiger partial charge in [0.25, 0.3) is 0 Å². The monoisotopic (exact) mass is 550 g/mol. The fraction of sp³-hybridized carbons (Fsp3) is 0.333. The maximum absolute atomic E-state index is 13.3. The molecule has 1 aromatic rings. The second kappa shape index (κ2) is 14.6. The van der Waals surface area contributed by atoms with E-state index < -0.39 is 10.0 Å². The predicted octanol–water partition coefficient (Wildman–Crippen LogP) is 4.46. The molecule has 1 aromatic carbocycles. The Labute approximate surface area is 231 Å². The van der Waals surface area contributed by atoms with Crippen LogP contribution < -0.4 is 10.2 Å². The minimum absolute atomic E-state index is 0.134. The summed E-state index contributed by atoms with van der Waals surface area (Å²) in [6.07, 6.45) is 14.6. The lowest BCUT2D eigenvalue weighted by atomic mass is 9.97. The first-order valence-corrected chi connectivity index (χ1v) is 14.6. The van der Waals surface area contributed by atoms with Crippen molar-refractivity contribution in [2.45, 2.75) is 38.0 Å². The number of aliphatic hydroxyl groups excluding tert-OH is 1. The first kappa shape index (κ1) is 30.1. The van der Waals surface area contributed by atoms with Gasteiger partial charge in [-0.25, -0.2) is 18.1 Å². The fourth-order valence-corrected chi connectivity index (χ4v) is 5.77. The summed E-state index contributed by atoms with van der Waals surface area (Å²) in [5.41, 5.74) is 8.38. The van der Waals surface area contributed by atoms with Crippen LogP contribution in [0.3, 0.4) is 0 Å². The zero-order valence-corrected chi connectivity index (χ0v) is 23.4. The predicted molar refractivity (Wildman–Crippen MR) is 156 cm³/mol. The van der Waals surface area contributed by atoms with Gasteiger partial charge in [-0.15, -0.1) is 5.73 Å². The van der Waals surface area contributed by atoms with Crippen molar-refractivity contribution in [1.29, 1.82) is 0 Å². The van der Waals surface area contributed by atoms with Gasteiger partial charge >= 0.3 is 0 Å². The van der Waals surface area contributed by atoms with E-state index in [2.05, 4.69) is 32.4 Å². The van der Waals surface area contributed by atoms with E-state index in [-0.39, 0.29) is 17.4 Å². The Kier molecular flexibility index (Phi) is 11.3. The minimum atomic E-state index is -3.74. The smallest absolute Gasteiger partial charge is 0.241 e. The van der Waals surface area contributed by atoms with E-state index in [9.17, 15) is 18.7 Å². The lowest BCUT2D eigenvalue weighted by Crippen LogP contribution is -2.40. The van der Waals surface area contributed by atoms with Crippen LogP contribution in [0.1, 0.15) is 38.7 Å². The van der Waals surface area contributed by atoms with E-state index in [0.717, 1.165) is 43.8 Å². The highest BCUT2D eigenvalue weighted by molar-refractivity contribution is 7.89. The van der Waals surface area contributed by atoms with E-state index in [4.69, 9.17) is 0 Å². The highest BCUT2D eigenvalue weighted by Gasteiger charge is 2.24. The number of sulfonamides is 1. The molecule has 208 valence electrons. The zero-order valence-electron chi connectivity index (χ0n) is 22.6. The summed E-state index contributed by atoms with van der Waals surface area (Å²) in [5.74, 6) is 1.07. The van der Waals surface area contributed by atoms with Crippen LogP contribution in [-0.4, -0.2) is 55.7 Å². The molecule has 0 amide bonds. The Morgan fingerprint density at radius 2 is 2.00 bits per heavy atom. The number of nitrogens with one attached hydrogen (secondary N) is 2. The normalized spacial score (nSPS) is 17.5. The molecule has 0 unspecified atom stereocenters. The van der Waals surface area contributed by atoms with Crippen molar-refractivity contribution in [1.82, 2.24) is 15.1 Å². The second-order valence-corrected chi connectivity index (χ2v) is 11.1. The van der Waals surface area contributed by atoms with Gasteiger partial charge in [0.1, 0.15) is 5.84 Å². The number of aliphatic hydroxyl groups is 1. The SMILES string of the molecule is C=C/C(=C\N=C(C)N1CCC(CNS(=O)(=O)c2ccccc2C2=CC=C=C(CO)C=C2)CC1)C(=CCC)NO. The number of hydroxylamine groups is 1. The molecule has 9 heteroatoms. The van der Waals surface area contributed by atoms with E-state index in [1.807, 2.05) is 26.0 Å². The molecular weight excluding hydrogens is 512 g/mol. The van der Waals surface area contributed by atoms with Crippen LogP contribution in [0.4, 0.5) is 0 Å². The Morgan fingerprint density at radius 1 is 1.26 bits per heavy atom. The minimum Gasteiger partial charge on any atom is -0.391 e. The molecule has 0 bridgehead atoms. The van der Waals surface area contributed by atoms with Crippen molar-refractivity contribution in [2.75, 3.05) is 26.2 Å². The van der Waals surface area contributed by atoms with Crippen molar-refractivity contribution in [3.63, 3.8) is 0 Å². The number of nitrogens with zero attached hydrogens (tertiary/aromatic N) is 2. The van der Waals surface area contributed by atoms with Crippen molar-refractivity contribution in [2.24, 2.45) is 10.9 Å². The van der Waals surface area contributed by atoms with Crippen LogP contribution in [0, 0.1) is 5.92 Å². The van der Waals surface area contributed by atoms with E-state index >= 15 is 0 Å². The summed E-state index contributed by atoms with van der Waals surface area (Å²) in [6, 6.07) is 6.93. The summed E-state index contributed by atoms with van der Waals surface area (Å²) in [5, 5.41) is 18.7. The van der Waals surface area contributed by atoms with Crippen molar-refractivity contribution >= 4 is 21.4 Å². The maximum atomic E-state index is 13.3. The van der Waals surface area contributed by atoms with Crippen LogP contribution in [0.25, 0.3) is 5.57 Å². The average molecular weight is 551 g/mol. The number of aliphatic imine (C=N–C) groups is 1. The summed E-state index contributed by atoms with van der Waals surface area (Å²) in [4.78, 5) is 6.97. The van der Waals surface area contributed by atoms with Gasteiger partial charge in [-0.05, 0) is 62.0 Å². The number of hydrogen-bond acceptors (Lipinski definition) is 6. The third-order valence-corrected chi connectivity index (χ3v) is 8.22. The molecule has 1 heterocycles. The van der Waals surface area contributed by atoms with Crippen LogP contribution in [0.15, 0.2) is 106 Å². The van der Waals surface area contributed by atoms with Gasteiger partial charge in [-0.3, -0.25) is 10.7 Å². The van der Waals surface area contributed by atoms with Gasteiger partial charge in [0.15, 0.2) is 0 Å². The molecule has 3 rings (SSSR count). The highest BCUT2D eigenvalue weighted by atomic mass is 32.2. The number of hydrogen-bond donors (Lipinski definition) is 4. The third kappa shape index (κ3) is 8.26. The van der Waals surface area contributed by atoms with Crippen LogP contribution >= 0.6 is 0 Å². The zero-order chi connectivity index (χ0) is 28.3. The molecule has 8 nitrogen and oxygen atoms in total. The van der Waals surface area contributed by atoms with Crippen LogP contribution in [-0.2, 0) is 10.0 Å². The molecule has 39 heavy (non-hydrogen) atoms. The molecule has 1 fully saturated rings. The lowest BCUT2D eigenvalue weighted by Gasteiger charge is -2.33. The molecule has 2 aliphatic rings. The quantitative estimate of drug-likeness (QED) is 0.106. The second-order valence-electron chi connectivity index (χ2n) is 9.33. The summed E-state index contributed by atoms with van der Waals surface area (Å²) in [6.45, 7) is 9.49. The Bertz CT molecular complexity index is 1350. The number of rotatable bonds is 11. The van der Waals surface area contributed by atoms with Gasteiger partial charge in [-0.1, -0.05) is 49.9 Å². The molecule has 0 radical (unpaired) electrons. The number of likely N-dealkylation sites (tertiary alicyclic amines) is 1. The molecule has 0 spiro atoms. The molecule has 4 N–H and O–H groups in total. The fourth-order valence-electron chi connectivity index (χ4n) is 4.42. The number of amidine groups is 1.